The molecule has 1 aromatic rings. The molecule has 0 aliphatic rings. The summed E-state index contributed by atoms with van der Waals surface area (Å²) in [6.45, 7) is 6.53. The maximum Gasteiger partial charge on any atom is 0.330 e. The van der Waals surface area contributed by atoms with Crippen LogP contribution in [0.1, 0.15) is 43.7 Å². The summed E-state index contributed by atoms with van der Waals surface area (Å²) in [5, 5.41) is 2.72. The fourth-order valence-corrected chi connectivity index (χ4v) is 1.90. The zero-order chi connectivity index (χ0) is 16.4. The Morgan fingerprint density at radius 1 is 1.09 bits per heavy atom. The molecule has 0 aliphatic heterocycles. The van der Waals surface area contributed by atoms with Gasteiger partial charge in [0.15, 0.2) is 0 Å². The van der Waals surface area contributed by atoms with Gasteiger partial charge in [-0.15, -0.1) is 0 Å². The second-order valence-electron chi connectivity index (χ2n) is 5.35. The molecular formula is C18H25NO3. The molecule has 4 nitrogen and oxygen atoms in total. The molecule has 1 aromatic carbocycles. The van der Waals surface area contributed by atoms with Crippen molar-refractivity contribution in [2.24, 2.45) is 0 Å². The Morgan fingerprint density at radius 3 is 2.55 bits per heavy atom. The Balaban J connectivity index is 2.34. The first-order valence-corrected chi connectivity index (χ1v) is 7.76. The summed E-state index contributed by atoms with van der Waals surface area (Å²) in [7, 11) is 0. The van der Waals surface area contributed by atoms with Crippen molar-refractivity contribution in [3.05, 3.63) is 41.5 Å². The molecule has 1 N–H and O–H groups in total. The zero-order valence-corrected chi connectivity index (χ0v) is 13.6. The molecular weight excluding hydrogens is 278 g/mol. The third kappa shape index (κ3) is 7.07. The van der Waals surface area contributed by atoms with Gasteiger partial charge in [-0.05, 0) is 43.5 Å². The molecule has 0 spiro atoms. The summed E-state index contributed by atoms with van der Waals surface area (Å²) >= 11 is 0. The smallest absolute Gasteiger partial charge is 0.330 e. The molecule has 0 radical (unpaired) electrons. The van der Waals surface area contributed by atoms with Crippen molar-refractivity contribution in [3.8, 4) is 0 Å². The van der Waals surface area contributed by atoms with Gasteiger partial charge in [-0.25, -0.2) is 4.79 Å². The number of esters is 1. The van der Waals surface area contributed by atoms with E-state index in [1.54, 1.807) is 0 Å². The SMILES string of the molecule is CCCCCCOC(=O)/C=C/C(=O)Nc1ccc(C)c(C)c1. The number of benzene rings is 1. The number of ether oxygens (including phenoxy) is 1. The first-order valence-electron chi connectivity index (χ1n) is 7.76. The van der Waals surface area contributed by atoms with E-state index in [0.717, 1.165) is 37.3 Å². The number of nitrogens with one attached hydrogen (secondary N) is 1. The van der Waals surface area contributed by atoms with E-state index < -0.39 is 5.97 Å². The number of unbranched alkanes of at least 4 members (excludes halogenated alkanes) is 3. The highest BCUT2D eigenvalue weighted by atomic mass is 16.5. The van der Waals surface area contributed by atoms with Gasteiger partial charge in [-0.1, -0.05) is 32.3 Å². The number of rotatable bonds is 8. The number of hydrogen-bond acceptors (Lipinski definition) is 3. The number of carbonyl (C=O) groups is 2. The Kier molecular flexibility index (Phi) is 7.97. The van der Waals surface area contributed by atoms with E-state index in [9.17, 15) is 9.59 Å². The molecule has 0 aliphatic carbocycles. The highest BCUT2D eigenvalue weighted by Crippen LogP contribution is 2.14. The summed E-state index contributed by atoms with van der Waals surface area (Å²) in [6, 6.07) is 5.67. The first-order chi connectivity index (χ1) is 10.5. The lowest BCUT2D eigenvalue weighted by atomic mass is 10.1. The Hall–Kier alpha value is -2.10. The van der Waals surface area contributed by atoms with Crippen LogP contribution in [0.3, 0.4) is 0 Å². The van der Waals surface area contributed by atoms with Crippen LogP contribution in [0, 0.1) is 13.8 Å². The van der Waals surface area contributed by atoms with Crippen molar-refractivity contribution in [1.29, 1.82) is 0 Å². The summed E-state index contributed by atoms with van der Waals surface area (Å²) in [5.41, 5.74) is 2.99. The van der Waals surface area contributed by atoms with Crippen LogP contribution in [-0.2, 0) is 14.3 Å². The highest BCUT2D eigenvalue weighted by molar-refractivity contribution is 6.02. The van der Waals surface area contributed by atoms with Crippen LogP contribution < -0.4 is 5.32 Å². The van der Waals surface area contributed by atoms with Crippen molar-refractivity contribution in [1.82, 2.24) is 0 Å². The Bertz CT molecular complexity index is 535. The molecule has 0 bridgehead atoms. The fraction of sp³-hybridized carbons (Fsp3) is 0.444. The van der Waals surface area contributed by atoms with E-state index in [1.807, 2.05) is 32.0 Å². The van der Waals surface area contributed by atoms with Crippen LogP contribution in [0.15, 0.2) is 30.4 Å². The van der Waals surface area contributed by atoms with Gasteiger partial charge >= 0.3 is 5.97 Å². The maximum atomic E-state index is 11.7. The summed E-state index contributed by atoms with van der Waals surface area (Å²) in [5.74, 6) is -0.821. The standard InChI is InChI=1S/C18H25NO3/c1-4-5-6-7-12-22-18(21)11-10-17(20)19-16-9-8-14(2)15(3)13-16/h8-11,13H,4-7,12H2,1-3H3,(H,19,20)/b11-10+. The number of amides is 1. The van der Waals surface area contributed by atoms with Gasteiger partial charge in [0.25, 0.3) is 0 Å². The largest absolute Gasteiger partial charge is 0.463 e. The molecule has 0 fully saturated rings. The van der Waals surface area contributed by atoms with Crippen molar-refractivity contribution in [2.45, 2.75) is 46.5 Å². The van der Waals surface area contributed by atoms with Crippen molar-refractivity contribution in [2.75, 3.05) is 11.9 Å². The minimum absolute atomic E-state index is 0.341. The lowest BCUT2D eigenvalue weighted by Gasteiger charge is -2.05. The quantitative estimate of drug-likeness (QED) is 0.450. The number of hydrogen-bond donors (Lipinski definition) is 1. The van der Waals surface area contributed by atoms with Gasteiger partial charge in [0, 0.05) is 17.8 Å². The van der Waals surface area contributed by atoms with Crippen LogP contribution in [0.4, 0.5) is 5.69 Å². The second kappa shape index (κ2) is 9.77. The van der Waals surface area contributed by atoms with Gasteiger partial charge in [0.1, 0.15) is 0 Å². The lowest BCUT2D eigenvalue weighted by Crippen LogP contribution is -2.10. The third-order valence-electron chi connectivity index (χ3n) is 3.39. The van der Waals surface area contributed by atoms with Crippen LogP contribution in [-0.4, -0.2) is 18.5 Å². The van der Waals surface area contributed by atoms with E-state index in [4.69, 9.17) is 4.74 Å². The fourth-order valence-electron chi connectivity index (χ4n) is 1.90. The molecule has 1 amide bonds. The van der Waals surface area contributed by atoms with E-state index in [-0.39, 0.29) is 5.91 Å². The molecule has 1 rings (SSSR count). The van der Waals surface area contributed by atoms with Gasteiger partial charge < -0.3 is 10.1 Å². The van der Waals surface area contributed by atoms with E-state index in [2.05, 4.69) is 12.2 Å². The molecule has 0 aromatic heterocycles. The van der Waals surface area contributed by atoms with Crippen LogP contribution >= 0.6 is 0 Å². The zero-order valence-electron chi connectivity index (χ0n) is 13.6. The van der Waals surface area contributed by atoms with Gasteiger partial charge in [-0.2, -0.15) is 0 Å². The number of aryl methyl sites for hydroxylation is 2. The van der Waals surface area contributed by atoms with Gasteiger partial charge in [0.05, 0.1) is 6.61 Å². The summed E-state index contributed by atoms with van der Waals surface area (Å²) in [4.78, 5) is 23.2. The molecule has 0 unspecified atom stereocenters. The first kappa shape index (κ1) is 18.0. The van der Waals surface area contributed by atoms with Crippen LogP contribution in [0.2, 0.25) is 0 Å². The Morgan fingerprint density at radius 2 is 1.86 bits per heavy atom. The van der Waals surface area contributed by atoms with Crippen LogP contribution in [0.5, 0.6) is 0 Å². The molecule has 0 atom stereocenters. The Labute approximate surface area is 132 Å². The molecule has 120 valence electrons. The average molecular weight is 303 g/mol. The number of carbonyl (C=O) groups excluding carboxylic acids is 2. The molecule has 22 heavy (non-hydrogen) atoms. The van der Waals surface area contributed by atoms with Crippen molar-refractivity contribution < 1.29 is 14.3 Å². The molecule has 0 heterocycles. The van der Waals surface area contributed by atoms with E-state index >= 15 is 0 Å². The number of anilines is 1. The van der Waals surface area contributed by atoms with E-state index in [0.29, 0.717) is 12.3 Å². The lowest BCUT2D eigenvalue weighted by molar-refractivity contribution is -0.138. The predicted octanol–water partition coefficient (Wildman–Crippen LogP) is 3.92. The average Bonchev–Trinajstić information content (AvgIpc) is 2.49. The molecule has 0 saturated heterocycles. The van der Waals surface area contributed by atoms with Crippen LogP contribution in [0.25, 0.3) is 0 Å². The van der Waals surface area contributed by atoms with Crippen molar-refractivity contribution in [3.63, 3.8) is 0 Å². The van der Waals surface area contributed by atoms with E-state index in [1.165, 1.54) is 11.6 Å². The molecule has 4 heteroatoms. The third-order valence-corrected chi connectivity index (χ3v) is 3.39. The maximum absolute atomic E-state index is 11.7. The summed E-state index contributed by atoms with van der Waals surface area (Å²) in [6.07, 6.45) is 6.57. The molecule has 0 saturated carbocycles. The predicted molar refractivity (Wildman–Crippen MR) is 88.8 cm³/mol. The second-order valence-corrected chi connectivity index (χ2v) is 5.35. The highest BCUT2D eigenvalue weighted by Gasteiger charge is 2.02. The minimum Gasteiger partial charge on any atom is -0.463 e. The monoisotopic (exact) mass is 303 g/mol. The normalized spacial score (nSPS) is 10.7. The van der Waals surface area contributed by atoms with Crippen molar-refractivity contribution >= 4 is 17.6 Å². The minimum atomic E-state index is -0.480. The van der Waals surface area contributed by atoms with Gasteiger partial charge in [-0.3, -0.25) is 4.79 Å². The topological polar surface area (TPSA) is 55.4 Å². The van der Waals surface area contributed by atoms with Gasteiger partial charge in [0.2, 0.25) is 5.91 Å². The summed E-state index contributed by atoms with van der Waals surface area (Å²) < 4.78 is 5.02.